The minimum atomic E-state index is -2.47. The second-order valence-corrected chi connectivity index (χ2v) is 14.3. The Labute approximate surface area is 260 Å². The van der Waals surface area contributed by atoms with E-state index < -0.39 is 65.9 Å². The number of nitrogens with one attached hydrogen (secondary N) is 1. The average Bonchev–Trinajstić information content (AvgIpc) is 2.94. The second-order valence-electron chi connectivity index (χ2n) is 13.5. The van der Waals surface area contributed by atoms with Crippen LogP contribution in [0.3, 0.4) is 0 Å². The molecule has 4 saturated carbocycles. The zero-order chi connectivity index (χ0) is 31.8. The van der Waals surface area contributed by atoms with Gasteiger partial charge in [-0.2, -0.15) is 4.89 Å². The van der Waals surface area contributed by atoms with Crippen molar-refractivity contribution in [3.05, 3.63) is 29.3 Å². The fourth-order valence-corrected chi connectivity index (χ4v) is 9.39. The van der Waals surface area contributed by atoms with Gasteiger partial charge in [-0.05, 0) is 74.8 Å². The first-order chi connectivity index (χ1) is 20.7. The number of hydrogen-bond donors (Lipinski definition) is 5. The van der Waals surface area contributed by atoms with Crippen LogP contribution in [0.5, 0.6) is 5.75 Å². The molecule has 12 nitrogen and oxygen atoms in total. The Kier molecular flexibility index (Phi) is 8.02. The number of alkyl halides is 1. The number of ether oxygens (including phenoxy) is 3. The Morgan fingerprint density at radius 1 is 1.14 bits per heavy atom. The molecule has 6 aliphatic rings. The van der Waals surface area contributed by atoms with E-state index in [1.165, 1.54) is 6.92 Å². The number of carbonyl (C=O) groups excluding carboxylic acids is 1. The van der Waals surface area contributed by atoms with Crippen LogP contribution in [-0.4, -0.2) is 86.1 Å². The van der Waals surface area contributed by atoms with Gasteiger partial charge in [0.15, 0.2) is 5.60 Å². The molecule has 1 spiro atoms. The molecular formula is C31H42ClNO11. The van der Waals surface area contributed by atoms with Crippen molar-refractivity contribution in [2.24, 2.45) is 17.8 Å². The van der Waals surface area contributed by atoms with Gasteiger partial charge in [0.1, 0.15) is 18.0 Å². The number of halogens is 1. The lowest BCUT2D eigenvalue weighted by Gasteiger charge is -2.70. The lowest BCUT2D eigenvalue weighted by molar-refractivity contribution is -0.645. The number of aryl methyl sites for hydroxylation is 1. The number of benzene rings is 1. The molecule has 6 fully saturated rings. The molecule has 0 radical (unpaired) electrons. The quantitative estimate of drug-likeness (QED) is 0.198. The van der Waals surface area contributed by atoms with Gasteiger partial charge < -0.3 is 40.0 Å². The van der Waals surface area contributed by atoms with E-state index in [4.69, 9.17) is 35.6 Å². The lowest BCUT2D eigenvalue weighted by atomic mass is 9.46. The fraction of sp³-hybridized carbons (Fsp3) is 0.742. The van der Waals surface area contributed by atoms with E-state index >= 15 is 0 Å². The van der Waals surface area contributed by atoms with Crippen LogP contribution >= 0.6 is 11.6 Å². The van der Waals surface area contributed by atoms with E-state index in [2.05, 4.69) is 5.32 Å². The van der Waals surface area contributed by atoms with Crippen LogP contribution in [0.1, 0.15) is 69.9 Å². The summed E-state index contributed by atoms with van der Waals surface area (Å²) in [5, 5.41) is 45.4. The van der Waals surface area contributed by atoms with Crippen LogP contribution in [0.15, 0.2) is 18.2 Å². The minimum absolute atomic E-state index is 0.103. The number of hydrogen-bond acceptors (Lipinski definition) is 10. The van der Waals surface area contributed by atoms with Gasteiger partial charge in [0.05, 0.1) is 24.7 Å². The Morgan fingerprint density at radius 3 is 2.34 bits per heavy atom. The van der Waals surface area contributed by atoms with E-state index in [0.29, 0.717) is 17.0 Å². The summed E-state index contributed by atoms with van der Waals surface area (Å²) in [6.07, 6.45) is -1.97. The Bertz CT molecular complexity index is 1290. The number of carbonyl (C=O) groups is 2. The van der Waals surface area contributed by atoms with Gasteiger partial charge in [-0.15, -0.1) is 11.6 Å². The standard InChI is InChI=1S/C31H42ClNO11/c1-5-21(35)25(37)26-24(33-16(3)34)22(36)14-29(42-26,27(38)39)41-23-10-18(7-6-15(23)2)31(40-4)30(43-44-31)19-8-17-9-20(30)13-28(32,11-17)12-19/h6-7,10,17,19-22,24-26,35-37H,5,8-9,11-14H2,1-4H3,(H,33,34)(H,38,39). The molecule has 7 rings (SSSR count). The van der Waals surface area contributed by atoms with E-state index in [-0.39, 0.29) is 28.9 Å². The highest BCUT2D eigenvalue weighted by Crippen LogP contribution is 2.71. The molecule has 0 aromatic heterocycles. The highest BCUT2D eigenvalue weighted by Gasteiger charge is 2.78. The smallest absolute Gasteiger partial charge is 0.377 e. The summed E-state index contributed by atoms with van der Waals surface area (Å²) in [6.45, 7) is 4.57. The van der Waals surface area contributed by atoms with Crippen molar-refractivity contribution in [2.45, 2.75) is 118 Å². The molecule has 2 heterocycles. The first-order valence-electron chi connectivity index (χ1n) is 15.4. The SMILES string of the molecule is CCC(O)C(O)C1OC(Oc2cc(C3(OC)OOC34C3CC5CC4CC(Cl)(C5)C3)ccc2C)(C(=O)O)CC(O)C1NC(C)=O. The van der Waals surface area contributed by atoms with Gasteiger partial charge in [0, 0.05) is 24.5 Å². The summed E-state index contributed by atoms with van der Waals surface area (Å²) in [5.74, 6) is -5.00. The second kappa shape index (κ2) is 11.0. The lowest BCUT2D eigenvalue weighted by Crippen LogP contribution is -2.78. The predicted molar refractivity (Wildman–Crippen MR) is 153 cm³/mol. The Morgan fingerprint density at radius 2 is 1.82 bits per heavy atom. The summed E-state index contributed by atoms with van der Waals surface area (Å²) in [4.78, 5) is 36.4. The minimum Gasteiger partial charge on any atom is -0.476 e. The third-order valence-corrected chi connectivity index (χ3v) is 11.2. The topological polar surface area (TPSA) is 173 Å². The van der Waals surface area contributed by atoms with E-state index in [1.807, 2.05) is 6.07 Å². The van der Waals surface area contributed by atoms with Gasteiger partial charge >= 0.3 is 11.8 Å². The maximum Gasteiger partial charge on any atom is 0.377 e. The normalized spacial score (nSPS) is 43.7. The maximum absolute atomic E-state index is 12.8. The maximum atomic E-state index is 12.8. The van der Waals surface area contributed by atoms with E-state index in [0.717, 1.165) is 32.1 Å². The van der Waals surface area contributed by atoms with Crippen LogP contribution in [-0.2, 0) is 34.6 Å². The van der Waals surface area contributed by atoms with Gasteiger partial charge in [0.25, 0.3) is 5.79 Å². The summed E-state index contributed by atoms with van der Waals surface area (Å²) in [7, 11) is 1.55. The summed E-state index contributed by atoms with van der Waals surface area (Å²) >= 11 is 7.03. The number of aliphatic hydroxyl groups excluding tert-OH is 3. The highest BCUT2D eigenvalue weighted by molar-refractivity contribution is 6.24. The molecule has 9 atom stereocenters. The molecule has 1 aromatic carbocycles. The first-order valence-corrected chi connectivity index (χ1v) is 15.7. The molecule has 13 heteroatoms. The van der Waals surface area contributed by atoms with Gasteiger partial charge in [0.2, 0.25) is 5.91 Å². The number of carboxylic acids is 1. The van der Waals surface area contributed by atoms with Crippen molar-refractivity contribution < 1.29 is 54.0 Å². The number of amides is 1. The number of methoxy groups -OCH3 is 1. The monoisotopic (exact) mass is 639 g/mol. The molecule has 244 valence electrons. The molecule has 4 aliphatic carbocycles. The molecule has 4 bridgehead atoms. The summed E-state index contributed by atoms with van der Waals surface area (Å²) in [5.41, 5.74) is 0.351. The molecule has 9 unspecified atom stereocenters. The number of carboxylic acid groups (broad SMARTS) is 1. The van der Waals surface area contributed by atoms with Crippen LogP contribution in [0, 0.1) is 24.7 Å². The third kappa shape index (κ3) is 4.67. The molecule has 44 heavy (non-hydrogen) atoms. The average molecular weight is 640 g/mol. The Hall–Kier alpha value is -2.03. The third-order valence-electron chi connectivity index (χ3n) is 10.7. The van der Waals surface area contributed by atoms with Crippen LogP contribution < -0.4 is 10.1 Å². The fourth-order valence-electron chi connectivity index (χ4n) is 8.80. The molecule has 1 aromatic rings. The number of rotatable bonds is 9. The van der Waals surface area contributed by atoms with Crippen molar-refractivity contribution in [2.75, 3.05) is 7.11 Å². The van der Waals surface area contributed by atoms with Gasteiger partial charge in [-0.1, -0.05) is 19.1 Å². The largest absolute Gasteiger partial charge is 0.476 e. The van der Waals surface area contributed by atoms with Crippen LogP contribution in [0.4, 0.5) is 0 Å². The van der Waals surface area contributed by atoms with Crippen LogP contribution in [0.2, 0.25) is 0 Å². The van der Waals surface area contributed by atoms with Gasteiger partial charge in [-0.25, -0.2) is 9.68 Å². The van der Waals surface area contributed by atoms with E-state index in [9.17, 15) is 30.0 Å². The van der Waals surface area contributed by atoms with Crippen molar-refractivity contribution in [3.63, 3.8) is 0 Å². The molecule has 2 aliphatic heterocycles. The highest BCUT2D eigenvalue weighted by atomic mass is 35.5. The first kappa shape index (κ1) is 31.9. The predicted octanol–water partition coefficient (Wildman–Crippen LogP) is 2.26. The van der Waals surface area contributed by atoms with Crippen molar-refractivity contribution in [3.8, 4) is 5.75 Å². The summed E-state index contributed by atoms with van der Waals surface area (Å²) < 4.78 is 18.2. The van der Waals surface area contributed by atoms with Crippen molar-refractivity contribution >= 4 is 23.5 Å². The van der Waals surface area contributed by atoms with Crippen molar-refractivity contribution in [1.82, 2.24) is 5.32 Å². The van der Waals surface area contributed by atoms with Gasteiger partial charge in [-0.3, -0.25) is 4.79 Å². The van der Waals surface area contributed by atoms with E-state index in [1.54, 1.807) is 33.1 Å². The Balaban J connectivity index is 1.35. The zero-order valence-corrected chi connectivity index (χ0v) is 26.1. The molecule has 1 amide bonds. The van der Waals surface area contributed by atoms with Crippen LogP contribution in [0.25, 0.3) is 0 Å². The molecular weight excluding hydrogens is 598 g/mol. The zero-order valence-electron chi connectivity index (χ0n) is 25.3. The van der Waals surface area contributed by atoms with Crippen molar-refractivity contribution in [1.29, 1.82) is 0 Å². The summed E-state index contributed by atoms with van der Waals surface area (Å²) in [6, 6.07) is 4.02. The number of aliphatic hydroxyl groups is 3. The number of aliphatic carboxylic acids is 1. The molecule has 2 saturated heterocycles. The molecule has 5 N–H and O–H groups in total.